The van der Waals surface area contributed by atoms with Gasteiger partial charge in [0.1, 0.15) is 25.4 Å². The fraction of sp³-hybridized carbons (Fsp3) is 0.261. The maximum atomic E-state index is 5.67. The SMILES string of the molecule is C=C/C=C(C)\C=C(/CC)n1ncc2c(NCc3ccc4c(c3)OCCO4)ncnc21. The van der Waals surface area contributed by atoms with Crippen LogP contribution in [0.1, 0.15) is 25.8 Å². The molecule has 1 aromatic carbocycles. The third kappa shape index (κ3) is 4.05. The minimum atomic E-state index is 0.574. The highest BCUT2D eigenvalue weighted by Crippen LogP contribution is 2.31. The van der Waals surface area contributed by atoms with Crippen molar-refractivity contribution in [1.29, 1.82) is 0 Å². The van der Waals surface area contributed by atoms with E-state index in [-0.39, 0.29) is 0 Å². The summed E-state index contributed by atoms with van der Waals surface area (Å²) in [7, 11) is 0. The van der Waals surface area contributed by atoms with Crippen molar-refractivity contribution in [2.45, 2.75) is 26.8 Å². The quantitative estimate of drug-likeness (QED) is 0.582. The molecule has 7 heteroatoms. The number of benzene rings is 1. The third-order valence-corrected chi connectivity index (χ3v) is 4.84. The van der Waals surface area contributed by atoms with Crippen LogP contribution in [-0.4, -0.2) is 33.0 Å². The predicted octanol–water partition coefficient (Wildman–Crippen LogP) is 4.59. The standard InChI is InChI=1S/C23H25N5O2/c1-4-6-16(3)11-18(5-2)28-23-19(14-27-28)22(25-15-26-23)24-13-17-7-8-20-21(12-17)30-10-9-29-20/h4,6-8,11-12,14-15H,1,5,9-10,13H2,2-3H3,(H,24,25,26)/b16-6-,18-11+. The summed E-state index contributed by atoms with van der Waals surface area (Å²) in [5.74, 6) is 2.31. The molecule has 30 heavy (non-hydrogen) atoms. The molecule has 0 unspecified atom stereocenters. The van der Waals surface area contributed by atoms with Gasteiger partial charge in [-0.1, -0.05) is 31.7 Å². The molecule has 0 aliphatic carbocycles. The van der Waals surface area contributed by atoms with Gasteiger partial charge in [-0.25, -0.2) is 14.6 Å². The Bertz CT molecular complexity index is 1130. The Morgan fingerprint density at radius 3 is 2.87 bits per heavy atom. The van der Waals surface area contributed by atoms with E-state index in [1.165, 1.54) is 0 Å². The van der Waals surface area contributed by atoms with Crippen LogP contribution in [-0.2, 0) is 6.54 Å². The molecule has 0 radical (unpaired) electrons. The lowest BCUT2D eigenvalue weighted by Crippen LogP contribution is -2.15. The Morgan fingerprint density at radius 2 is 2.07 bits per heavy atom. The molecule has 0 spiro atoms. The van der Waals surface area contributed by atoms with Crippen molar-refractivity contribution in [1.82, 2.24) is 19.7 Å². The van der Waals surface area contributed by atoms with E-state index in [1.807, 2.05) is 35.9 Å². The third-order valence-electron chi connectivity index (χ3n) is 4.84. The Labute approximate surface area is 175 Å². The van der Waals surface area contributed by atoms with Crippen molar-refractivity contribution in [2.75, 3.05) is 18.5 Å². The number of hydrogen-bond donors (Lipinski definition) is 1. The molecule has 0 saturated carbocycles. The Hall–Kier alpha value is -3.61. The number of anilines is 1. The van der Waals surface area contributed by atoms with Crippen LogP contribution >= 0.6 is 0 Å². The first-order valence-corrected chi connectivity index (χ1v) is 10.0. The highest BCUT2D eigenvalue weighted by Gasteiger charge is 2.14. The highest BCUT2D eigenvalue weighted by molar-refractivity contribution is 5.88. The van der Waals surface area contributed by atoms with Gasteiger partial charge in [-0.2, -0.15) is 5.10 Å². The van der Waals surface area contributed by atoms with E-state index in [0.29, 0.717) is 19.8 Å². The second-order valence-electron chi connectivity index (χ2n) is 6.98. The van der Waals surface area contributed by atoms with Gasteiger partial charge >= 0.3 is 0 Å². The lowest BCUT2D eigenvalue weighted by Gasteiger charge is -2.19. The molecule has 4 rings (SSSR count). The van der Waals surface area contributed by atoms with Crippen LogP contribution in [0.25, 0.3) is 16.7 Å². The first kappa shape index (κ1) is 19.7. The molecule has 1 aliphatic heterocycles. The number of fused-ring (bicyclic) bond motifs is 2. The molecule has 154 valence electrons. The molecule has 0 atom stereocenters. The molecule has 0 bridgehead atoms. The minimum Gasteiger partial charge on any atom is -0.486 e. The molecule has 0 saturated heterocycles. The van der Waals surface area contributed by atoms with Gasteiger partial charge in [0.05, 0.1) is 11.6 Å². The van der Waals surface area contributed by atoms with E-state index >= 15 is 0 Å². The normalized spacial score (nSPS) is 14.1. The Kier molecular flexibility index (Phi) is 5.79. The van der Waals surface area contributed by atoms with E-state index in [4.69, 9.17) is 9.47 Å². The second kappa shape index (κ2) is 8.82. The molecular weight excluding hydrogens is 378 g/mol. The molecule has 1 N–H and O–H groups in total. The van der Waals surface area contributed by atoms with Gasteiger partial charge in [0.15, 0.2) is 17.1 Å². The van der Waals surface area contributed by atoms with Crippen LogP contribution in [0.2, 0.25) is 0 Å². The molecule has 3 aromatic rings. The van der Waals surface area contributed by atoms with Gasteiger partial charge < -0.3 is 14.8 Å². The van der Waals surface area contributed by atoms with E-state index < -0.39 is 0 Å². The molecular formula is C23H25N5O2. The van der Waals surface area contributed by atoms with Gasteiger partial charge in [-0.3, -0.25) is 0 Å². The van der Waals surface area contributed by atoms with Crippen molar-refractivity contribution in [3.8, 4) is 11.5 Å². The number of ether oxygens (including phenoxy) is 2. The zero-order chi connectivity index (χ0) is 20.9. The van der Waals surface area contributed by atoms with E-state index in [1.54, 1.807) is 18.6 Å². The number of nitrogens with zero attached hydrogens (tertiary/aromatic N) is 4. The van der Waals surface area contributed by atoms with Crippen LogP contribution in [0.15, 0.2) is 61.1 Å². The maximum Gasteiger partial charge on any atom is 0.167 e. The van der Waals surface area contributed by atoms with Crippen LogP contribution < -0.4 is 14.8 Å². The van der Waals surface area contributed by atoms with E-state index in [0.717, 1.165) is 51.6 Å². The summed E-state index contributed by atoms with van der Waals surface area (Å²) < 4.78 is 13.1. The van der Waals surface area contributed by atoms with Crippen LogP contribution in [0.5, 0.6) is 11.5 Å². The first-order valence-electron chi connectivity index (χ1n) is 10.0. The number of rotatable bonds is 7. The largest absolute Gasteiger partial charge is 0.486 e. The lowest BCUT2D eigenvalue weighted by molar-refractivity contribution is 0.171. The van der Waals surface area contributed by atoms with Crippen molar-refractivity contribution in [2.24, 2.45) is 0 Å². The Morgan fingerprint density at radius 1 is 1.23 bits per heavy atom. The summed E-state index contributed by atoms with van der Waals surface area (Å²) in [5.41, 5.74) is 4.01. The Balaban J connectivity index is 1.59. The van der Waals surface area contributed by atoms with E-state index in [9.17, 15) is 0 Å². The smallest absolute Gasteiger partial charge is 0.167 e. The monoisotopic (exact) mass is 403 g/mol. The molecule has 1 aliphatic rings. The molecule has 7 nitrogen and oxygen atoms in total. The van der Waals surface area contributed by atoms with Crippen LogP contribution in [0, 0.1) is 0 Å². The summed E-state index contributed by atoms with van der Waals surface area (Å²) >= 11 is 0. The lowest BCUT2D eigenvalue weighted by atomic mass is 10.2. The first-order chi connectivity index (χ1) is 14.7. The van der Waals surface area contributed by atoms with Crippen molar-refractivity contribution in [3.63, 3.8) is 0 Å². The topological polar surface area (TPSA) is 74.1 Å². The summed E-state index contributed by atoms with van der Waals surface area (Å²) in [6.45, 7) is 9.66. The number of aromatic nitrogens is 4. The molecule has 0 fully saturated rings. The van der Waals surface area contributed by atoms with Crippen molar-refractivity contribution in [3.05, 3.63) is 66.7 Å². The van der Waals surface area contributed by atoms with Gasteiger partial charge in [-0.15, -0.1) is 0 Å². The van der Waals surface area contributed by atoms with Crippen LogP contribution in [0.3, 0.4) is 0 Å². The van der Waals surface area contributed by atoms with Gasteiger partial charge in [0.25, 0.3) is 0 Å². The average molecular weight is 403 g/mol. The van der Waals surface area contributed by atoms with Gasteiger partial charge in [-0.05, 0) is 42.7 Å². The van der Waals surface area contributed by atoms with Crippen molar-refractivity contribution >= 4 is 22.5 Å². The van der Waals surface area contributed by atoms with Gasteiger partial charge in [0, 0.05) is 12.2 Å². The number of allylic oxidation sites excluding steroid dienone is 5. The van der Waals surface area contributed by atoms with Crippen LogP contribution in [0.4, 0.5) is 5.82 Å². The minimum absolute atomic E-state index is 0.574. The predicted molar refractivity (Wildman–Crippen MR) is 119 cm³/mol. The van der Waals surface area contributed by atoms with E-state index in [2.05, 4.69) is 40.0 Å². The molecule has 0 amide bonds. The molecule has 2 aromatic heterocycles. The summed E-state index contributed by atoms with van der Waals surface area (Å²) in [4.78, 5) is 8.89. The highest BCUT2D eigenvalue weighted by atomic mass is 16.6. The van der Waals surface area contributed by atoms with Gasteiger partial charge in [0.2, 0.25) is 0 Å². The summed E-state index contributed by atoms with van der Waals surface area (Å²) in [6, 6.07) is 5.96. The number of nitrogens with one attached hydrogen (secondary N) is 1. The second-order valence-corrected chi connectivity index (χ2v) is 6.98. The maximum absolute atomic E-state index is 5.67. The average Bonchev–Trinajstić information content (AvgIpc) is 3.20. The summed E-state index contributed by atoms with van der Waals surface area (Å²) in [5, 5.41) is 8.84. The zero-order valence-corrected chi connectivity index (χ0v) is 17.3. The summed E-state index contributed by atoms with van der Waals surface area (Å²) in [6.07, 6.45) is 10.0. The molecule has 3 heterocycles. The van der Waals surface area contributed by atoms with Crippen molar-refractivity contribution < 1.29 is 9.47 Å². The zero-order valence-electron chi connectivity index (χ0n) is 17.3. The fourth-order valence-corrected chi connectivity index (χ4v) is 3.39. The number of hydrogen-bond acceptors (Lipinski definition) is 6. The fourth-order valence-electron chi connectivity index (χ4n) is 3.39.